The molecule has 0 aliphatic rings. The Morgan fingerprint density at radius 2 is 2.00 bits per heavy atom. The molecule has 1 unspecified atom stereocenters. The van der Waals surface area contributed by atoms with Gasteiger partial charge in [-0.1, -0.05) is 12.1 Å². The van der Waals surface area contributed by atoms with Gasteiger partial charge in [0, 0.05) is 7.11 Å². The van der Waals surface area contributed by atoms with E-state index in [1.54, 1.807) is 7.11 Å². The van der Waals surface area contributed by atoms with Crippen LogP contribution in [0.5, 0.6) is 0 Å². The average Bonchev–Trinajstić information content (AvgIpc) is 2.65. The zero-order chi connectivity index (χ0) is 11.7. The standard InChI is InChI=1S/C10H19N3O2/c1-6-10(4,14-5)8-12-7(13-15-8)9(2,3)11/h6,11H2,1-5H3. The van der Waals surface area contributed by atoms with Crippen LogP contribution < -0.4 is 5.73 Å². The predicted molar refractivity (Wildman–Crippen MR) is 56.2 cm³/mol. The van der Waals surface area contributed by atoms with E-state index >= 15 is 0 Å². The van der Waals surface area contributed by atoms with Crippen LogP contribution in [0.2, 0.25) is 0 Å². The molecule has 0 fully saturated rings. The van der Waals surface area contributed by atoms with Crippen molar-refractivity contribution >= 4 is 0 Å². The highest BCUT2D eigenvalue weighted by Crippen LogP contribution is 2.27. The van der Waals surface area contributed by atoms with E-state index in [0.29, 0.717) is 11.7 Å². The lowest BCUT2D eigenvalue weighted by Gasteiger charge is -2.21. The first-order chi connectivity index (χ1) is 6.83. The molecule has 0 saturated carbocycles. The van der Waals surface area contributed by atoms with Gasteiger partial charge in [0.2, 0.25) is 0 Å². The summed E-state index contributed by atoms with van der Waals surface area (Å²) in [5, 5.41) is 3.86. The lowest BCUT2D eigenvalue weighted by atomic mass is 10.0. The molecule has 1 aromatic heterocycles. The molecule has 5 nitrogen and oxygen atoms in total. The summed E-state index contributed by atoms with van der Waals surface area (Å²) in [5.41, 5.74) is 4.75. The Kier molecular flexibility index (Phi) is 3.16. The molecule has 0 spiro atoms. The molecular formula is C10H19N3O2. The Hall–Kier alpha value is -0.940. The van der Waals surface area contributed by atoms with Crippen molar-refractivity contribution in [1.82, 2.24) is 10.1 Å². The van der Waals surface area contributed by atoms with Crippen LogP contribution in [0.3, 0.4) is 0 Å². The molecule has 86 valence electrons. The van der Waals surface area contributed by atoms with E-state index in [0.717, 1.165) is 6.42 Å². The molecule has 0 aliphatic heterocycles. The monoisotopic (exact) mass is 213 g/mol. The first-order valence-electron chi connectivity index (χ1n) is 5.02. The Morgan fingerprint density at radius 1 is 1.40 bits per heavy atom. The first-order valence-corrected chi connectivity index (χ1v) is 5.02. The molecule has 0 aromatic carbocycles. The van der Waals surface area contributed by atoms with Gasteiger partial charge in [0.25, 0.3) is 5.89 Å². The minimum atomic E-state index is -0.593. The van der Waals surface area contributed by atoms with Crippen LogP contribution in [0.4, 0.5) is 0 Å². The lowest BCUT2D eigenvalue weighted by Crippen LogP contribution is -2.31. The van der Waals surface area contributed by atoms with Crippen LogP contribution in [0.1, 0.15) is 45.8 Å². The average molecular weight is 213 g/mol. The molecule has 0 aliphatic carbocycles. The summed E-state index contributed by atoms with van der Waals surface area (Å²) in [6.45, 7) is 7.57. The van der Waals surface area contributed by atoms with Crippen molar-refractivity contribution in [3.05, 3.63) is 11.7 Å². The molecule has 0 amide bonds. The fourth-order valence-electron chi connectivity index (χ4n) is 1.08. The van der Waals surface area contributed by atoms with Gasteiger partial charge in [-0.3, -0.25) is 0 Å². The van der Waals surface area contributed by atoms with Crippen LogP contribution in [-0.4, -0.2) is 17.3 Å². The van der Waals surface area contributed by atoms with E-state index < -0.39 is 11.1 Å². The second kappa shape index (κ2) is 3.90. The van der Waals surface area contributed by atoms with E-state index in [1.807, 2.05) is 27.7 Å². The minimum absolute atomic E-state index is 0.473. The summed E-state index contributed by atoms with van der Waals surface area (Å²) in [7, 11) is 1.63. The highest BCUT2D eigenvalue weighted by atomic mass is 16.5. The fourth-order valence-corrected chi connectivity index (χ4v) is 1.08. The molecule has 1 heterocycles. The van der Waals surface area contributed by atoms with Gasteiger partial charge in [-0.2, -0.15) is 4.98 Å². The molecule has 1 rings (SSSR count). The number of hydrogen-bond donors (Lipinski definition) is 1. The number of hydrogen-bond acceptors (Lipinski definition) is 5. The summed E-state index contributed by atoms with van der Waals surface area (Å²) < 4.78 is 10.5. The topological polar surface area (TPSA) is 74.2 Å². The molecule has 5 heteroatoms. The quantitative estimate of drug-likeness (QED) is 0.821. The Bertz CT molecular complexity index is 324. The van der Waals surface area contributed by atoms with Gasteiger partial charge in [0.15, 0.2) is 5.82 Å². The minimum Gasteiger partial charge on any atom is -0.369 e. The number of nitrogens with zero attached hydrogens (tertiary/aromatic N) is 2. The van der Waals surface area contributed by atoms with E-state index in [4.69, 9.17) is 15.0 Å². The highest BCUT2D eigenvalue weighted by Gasteiger charge is 2.33. The van der Waals surface area contributed by atoms with Gasteiger partial charge >= 0.3 is 0 Å². The SMILES string of the molecule is CCC(C)(OC)c1nc(C(C)(C)N)no1. The molecule has 0 bridgehead atoms. The fraction of sp³-hybridized carbons (Fsp3) is 0.800. The van der Waals surface area contributed by atoms with Gasteiger partial charge in [-0.05, 0) is 27.2 Å². The van der Waals surface area contributed by atoms with Crippen molar-refractivity contribution in [3.8, 4) is 0 Å². The van der Waals surface area contributed by atoms with E-state index in [1.165, 1.54) is 0 Å². The zero-order valence-corrected chi connectivity index (χ0v) is 10.00. The van der Waals surface area contributed by atoms with Crippen molar-refractivity contribution in [2.24, 2.45) is 5.73 Å². The summed E-state index contributed by atoms with van der Waals surface area (Å²) >= 11 is 0. The Labute approximate surface area is 90.0 Å². The Balaban J connectivity index is 3.03. The normalized spacial score (nSPS) is 16.4. The smallest absolute Gasteiger partial charge is 0.258 e. The van der Waals surface area contributed by atoms with E-state index in [9.17, 15) is 0 Å². The number of aromatic nitrogens is 2. The van der Waals surface area contributed by atoms with Crippen molar-refractivity contribution < 1.29 is 9.26 Å². The highest BCUT2D eigenvalue weighted by molar-refractivity contribution is 5.03. The van der Waals surface area contributed by atoms with Gasteiger partial charge in [-0.15, -0.1) is 0 Å². The third kappa shape index (κ3) is 2.35. The van der Waals surface area contributed by atoms with Gasteiger partial charge in [-0.25, -0.2) is 0 Å². The van der Waals surface area contributed by atoms with Crippen LogP contribution in [0, 0.1) is 0 Å². The molecule has 1 aromatic rings. The van der Waals surface area contributed by atoms with E-state index in [2.05, 4.69) is 10.1 Å². The first kappa shape index (κ1) is 12.1. The number of nitrogens with two attached hydrogens (primary N) is 1. The molecule has 1 atom stereocenters. The van der Waals surface area contributed by atoms with Gasteiger partial charge in [0.05, 0.1) is 5.54 Å². The molecular weight excluding hydrogens is 194 g/mol. The summed E-state index contributed by atoms with van der Waals surface area (Å²) in [5.74, 6) is 0.968. The molecule has 0 radical (unpaired) electrons. The maximum atomic E-state index is 5.87. The van der Waals surface area contributed by atoms with Crippen LogP contribution >= 0.6 is 0 Å². The van der Waals surface area contributed by atoms with Crippen molar-refractivity contribution in [2.75, 3.05) is 7.11 Å². The maximum Gasteiger partial charge on any atom is 0.258 e. The second-order valence-corrected chi connectivity index (χ2v) is 4.43. The summed E-state index contributed by atoms with van der Waals surface area (Å²) in [6, 6.07) is 0. The second-order valence-electron chi connectivity index (χ2n) is 4.43. The van der Waals surface area contributed by atoms with Crippen LogP contribution in [0.25, 0.3) is 0 Å². The lowest BCUT2D eigenvalue weighted by molar-refractivity contribution is -0.0272. The largest absolute Gasteiger partial charge is 0.369 e. The number of rotatable bonds is 4. The van der Waals surface area contributed by atoms with Crippen molar-refractivity contribution in [3.63, 3.8) is 0 Å². The van der Waals surface area contributed by atoms with Crippen molar-refractivity contribution in [1.29, 1.82) is 0 Å². The molecule has 15 heavy (non-hydrogen) atoms. The Morgan fingerprint density at radius 3 is 2.33 bits per heavy atom. The predicted octanol–water partition coefficient (Wildman–Crippen LogP) is 1.53. The van der Waals surface area contributed by atoms with E-state index in [-0.39, 0.29) is 0 Å². The van der Waals surface area contributed by atoms with Crippen LogP contribution in [-0.2, 0) is 15.9 Å². The zero-order valence-electron chi connectivity index (χ0n) is 10.00. The maximum absolute atomic E-state index is 5.87. The summed E-state index contributed by atoms with van der Waals surface area (Å²) in [6.07, 6.45) is 0.760. The third-order valence-electron chi connectivity index (χ3n) is 2.58. The van der Waals surface area contributed by atoms with Gasteiger partial charge < -0.3 is 15.0 Å². The summed E-state index contributed by atoms with van der Waals surface area (Å²) in [4.78, 5) is 4.27. The van der Waals surface area contributed by atoms with Crippen LogP contribution in [0.15, 0.2) is 4.52 Å². The third-order valence-corrected chi connectivity index (χ3v) is 2.58. The van der Waals surface area contributed by atoms with Gasteiger partial charge in [0.1, 0.15) is 5.60 Å². The molecule has 2 N–H and O–H groups in total. The molecule has 0 saturated heterocycles. The number of ether oxygens (including phenoxy) is 1. The number of methoxy groups -OCH3 is 1. The van der Waals surface area contributed by atoms with Crippen molar-refractivity contribution in [2.45, 2.75) is 45.3 Å².